The molecule has 3 aliphatic rings. The molecular weight excluding hydrogens is 410 g/mol. The minimum Gasteiger partial charge on any atom is -0.360 e. The maximum Gasteiger partial charge on any atom is 0.326 e. The molecular formula is C19H29N5O5S. The Hall–Kier alpha value is -1.98. The van der Waals surface area contributed by atoms with E-state index in [4.69, 9.17) is 4.52 Å². The van der Waals surface area contributed by atoms with Crippen molar-refractivity contribution in [3.05, 3.63) is 11.5 Å². The Morgan fingerprint density at radius 2 is 1.87 bits per heavy atom. The number of hydrogen-bond donors (Lipinski definition) is 1. The molecule has 1 aromatic rings. The summed E-state index contributed by atoms with van der Waals surface area (Å²) in [4.78, 5) is 29.1. The lowest BCUT2D eigenvalue weighted by atomic mass is 9.73. The fourth-order valence-corrected chi connectivity index (χ4v) is 6.62. The first-order valence-corrected chi connectivity index (χ1v) is 11.9. The zero-order valence-corrected chi connectivity index (χ0v) is 18.5. The van der Waals surface area contributed by atoms with Crippen LogP contribution in [0.2, 0.25) is 0 Å². The lowest BCUT2D eigenvalue weighted by molar-refractivity contribution is -0.135. The SMILES string of the molecule is Cc1noc(C)c1S(=O)(=O)N1CCN(CN2C(=O)N[C@]3(CCCC[C@@H]3C)C2=O)CC1. The zero-order valence-electron chi connectivity index (χ0n) is 17.7. The number of urea groups is 1. The first-order chi connectivity index (χ1) is 14.2. The van der Waals surface area contributed by atoms with Gasteiger partial charge in [0.25, 0.3) is 5.91 Å². The topological polar surface area (TPSA) is 116 Å². The first-order valence-electron chi connectivity index (χ1n) is 10.5. The molecule has 3 heterocycles. The maximum absolute atomic E-state index is 13.1. The highest BCUT2D eigenvalue weighted by Gasteiger charge is 2.55. The fraction of sp³-hybridized carbons (Fsp3) is 0.737. The third-order valence-corrected chi connectivity index (χ3v) is 8.88. The summed E-state index contributed by atoms with van der Waals surface area (Å²) in [5.74, 6) is 0.247. The molecule has 3 fully saturated rings. The van der Waals surface area contributed by atoms with E-state index in [9.17, 15) is 18.0 Å². The number of hydrogen-bond acceptors (Lipinski definition) is 7. The number of rotatable bonds is 4. The van der Waals surface area contributed by atoms with Crippen molar-refractivity contribution in [3.63, 3.8) is 0 Å². The van der Waals surface area contributed by atoms with Crippen LogP contribution in [0, 0.1) is 19.8 Å². The van der Waals surface area contributed by atoms with Crippen molar-refractivity contribution < 1.29 is 22.5 Å². The molecule has 3 amide bonds. The highest BCUT2D eigenvalue weighted by atomic mass is 32.2. The second kappa shape index (κ2) is 7.61. The number of aromatic nitrogens is 1. The minimum atomic E-state index is -3.69. The molecule has 30 heavy (non-hydrogen) atoms. The average Bonchev–Trinajstić information content (AvgIpc) is 3.17. The summed E-state index contributed by atoms with van der Waals surface area (Å²) in [6.45, 7) is 6.82. The van der Waals surface area contributed by atoms with Crippen molar-refractivity contribution in [1.82, 2.24) is 24.6 Å². The largest absolute Gasteiger partial charge is 0.360 e. The van der Waals surface area contributed by atoms with E-state index in [0.717, 1.165) is 19.3 Å². The van der Waals surface area contributed by atoms with Gasteiger partial charge in [0.15, 0.2) is 5.76 Å². The Morgan fingerprint density at radius 1 is 1.17 bits per heavy atom. The fourth-order valence-electron chi connectivity index (χ4n) is 4.91. The van der Waals surface area contributed by atoms with E-state index in [1.807, 2.05) is 11.8 Å². The second-order valence-corrected chi connectivity index (χ2v) is 10.5. The van der Waals surface area contributed by atoms with E-state index >= 15 is 0 Å². The van der Waals surface area contributed by atoms with Gasteiger partial charge in [0.2, 0.25) is 10.0 Å². The molecule has 11 heteroatoms. The number of nitrogens with one attached hydrogen (secondary N) is 1. The molecule has 1 N–H and O–H groups in total. The molecule has 4 rings (SSSR count). The molecule has 1 aliphatic carbocycles. The Kier molecular flexibility index (Phi) is 5.39. The molecule has 0 unspecified atom stereocenters. The van der Waals surface area contributed by atoms with Crippen LogP contribution < -0.4 is 5.32 Å². The number of aryl methyl sites for hydroxylation is 2. The molecule has 1 spiro atoms. The van der Waals surface area contributed by atoms with Gasteiger partial charge in [-0.25, -0.2) is 18.1 Å². The van der Waals surface area contributed by atoms with Crippen molar-refractivity contribution in [2.24, 2.45) is 5.92 Å². The number of imide groups is 1. The van der Waals surface area contributed by atoms with Crippen LogP contribution in [0.25, 0.3) is 0 Å². The van der Waals surface area contributed by atoms with Crippen molar-refractivity contribution in [2.75, 3.05) is 32.8 Å². The Bertz CT molecular complexity index is 933. The number of carbonyl (C=O) groups excluding carboxylic acids is 2. The number of nitrogens with zero attached hydrogens (tertiary/aromatic N) is 4. The molecule has 0 bridgehead atoms. The van der Waals surface area contributed by atoms with Crippen molar-refractivity contribution in [2.45, 2.75) is 56.9 Å². The van der Waals surface area contributed by atoms with Crippen LogP contribution in [0.1, 0.15) is 44.1 Å². The summed E-state index contributed by atoms with van der Waals surface area (Å²) < 4.78 is 32.3. The van der Waals surface area contributed by atoms with Gasteiger partial charge in [0.1, 0.15) is 16.1 Å². The molecule has 2 aliphatic heterocycles. The molecule has 0 radical (unpaired) electrons. The molecule has 166 valence electrons. The van der Waals surface area contributed by atoms with E-state index in [0.29, 0.717) is 25.2 Å². The smallest absolute Gasteiger partial charge is 0.326 e. The number of piperazine rings is 1. The Labute approximate surface area is 176 Å². The quantitative estimate of drug-likeness (QED) is 0.697. The summed E-state index contributed by atoms with van der Waals surface area (Å²) in [5.41, 5.74) is -0.426. The van der Waals surface area contributed by atoms with E-state index < -0.39 is 15.6 Å². The lowest BCUT2D eigenvalue weighted by Crippen LogP contribution is -2.55. The van der Waals surface area contributed by atoms with Crippen LogP contribution in [-0.2, 0) is 14.8 Å². The highest BCUT2D eigenvalue weighted by Crippen LogP contribution is 2.38. The highest BCUT2D eigenvalue weighted by molar-refractivity contribution is 7.89. The van der Waals surface area contributed by atoms with Crippen molar-refractivity contribution in [3.8, 4) is 0 Å². The number of carbonyl (C=O) groups is 2. The summed E-state index contributed by atoms with van der Waals surface area (Å²) in [5, 5.41) is 6.70. The third kappa shape index (κ3) is 3.32. The minimum absolute atomic E-state index is 0.115. The number of sulfonamides is 1. The van der Waals surface area contributed by atoms with Gasteiger partial charge in [0.05, 0.1) is 6.67 Å². The van der Waals surface area contributed by atoms with Crippen LogP contribution in [0.4, 0.5) is 4.79 Å². The van der Waals surface area contributed by atoms with E-state index in [1.54, 1.807) is 13.8 Å². The molecule has 1 saturated carbocycles. The third-order valence-electron chi connectivity index (χ3n) is 6.74. The summed E-state index contributed by atoms with van der Waals surface area (Å²) in [7, 11) is -3.69. The Balaban J connectivity index is 1.41. The summed E-state index contributed by atoms with van der Waals surface area (Å²) >= 11 is 0. The van der Waals surface area contributed by atoms with Crippen LogP contribution in [-0.4, -0.2) is 78.0 Å². The lowest BCUT2D eigenvalue weighted by Gasteiger charge is -2.38. The van der Waals surface area contributed by atoms with Gasteiger partial charge in [-0.15, -0.1) is 0 Å². The molecule has 1 aromatic heterocycles. The first kappa shape index (κ1) is 21.3. The average molecular weight is 440 g/mol. The van der Waals surface area contributed by atoms with Gasteiger partial charge in [-0.05, 0) is 32.6 Å². The zero-order chi connectivity index (χ0) is 21.7. The van der Waals surface area contributed by atoms with Gasteiger partial charge in [-0.2, -0.15) is 4.31 Å². The van der Waals surface area contributed by atoms with Crippen LogP contribution in [0.5, 0.6) is 0 Å². The molecule has 0 aromatic carbocycles. The van der Waals surface area contributed by atoms with Crippen LogP contribution in [0.15, 0.2) is 9.42 Å². The summed E-state index contributed by atoms with van der Waals surface area (Å²) in [6.07, 6.45) is 3.62. The van der Waals surface area contributed by atoms with Gasteiger partial charge in [0, 0.05) is 26.2 Å². The van der Waals surface area contributed by atoms with Crippen LogP contribution >= 0.6 is 0 Å². The predicted molar refractivity (Wildman–Crippen MR) is 107 cm³/mol. The predicted octanol–water partition coefficient (Wildman–Crippen LogP) is 1.06. The molecule has 10 nitrogen and oxygen atoms in total. The normalized spacial score (nSPS) is 29.0. The standard InChI is InChI=1S/C19H29N5O5S/c1-13-6-4-5-7-19(13)17(25)24(18(26)20-19)12-22-8-10-23(11-9-22)30(27,28)16-14(2)21-29-15(16)3/h13H,4-12H2,1-3H3,(H,20,26)/t13-,19-/m0/s1. The Morgan fingerprint density at radius 3 is 2.47 bits per heavy atom. The van der Waals surface area contributed by atoms with Gasteiger partial charge in [-0.3, -0.25) is 9.69 Å². The van der Waals surface area contributed by atoms with Crippen molar-refractivity contribution >= 4 is 22.0 Å². The van der Waals surface area contributed by atoms with E-state index in [2.05, 4.69) is 10.5 Å². The second-order valence-electron chi connectivity index (χ2n) is 8.60. The molecule has 2 atom stereocenters. The van der Waals surface area contributed by atoms with Gasteiger partial charge < -0.3 is 9.84 Å². The molecule has 2 saturated heterocycles. The van der Waals surface area contributed by atoms with Crippen LogP contribution in [0.3, 0.4) is 0 Å². The maximum atomic E-state index is 13.1. The van der Waals surface area contributed by atoms with Gasteiger partial charge >= 0.3 is 6.03 Å². The summed E-state index contributed by atoms with van der Waals surface area (Å²) in [6, 6.07) is -0.348. The van der Waals surface area contributed by atoms with Gasteiger partial charge in [-0.1, -0.05) is 24.9 Å². The van der Waals surface area contributed by atoms with E-state index in [-0.39, 0.29) is 48.3 Å². The number of amides is 3. The monoisotopic (exact) mass is 439 g/mol. The van der Waals surface area contributed by atoms with Crippen molar-refractivity contribution in [1.29, 1.82) is 0 Å². The van der Waals surface area contributed by atoms with E-state index in [1.165, 1.54) is 9.21 Å².